The van der Waals surface area contributed by atoms with Crippen molar-refractivity contribution in [2.45, 2.75) is 44.6 Å². The van der Waals surface area contributed by atoms with E-state index in [2.05, 4.69) is 10.2 Å². The minimum Gasteiger partial charge on any atom is -0.493 e. The molecule has 0 aromatic heterocycles. The lowest BCUT2D eigenvalue weighted by Crippen LogP contribution is -2.42. The molecule has 0 unspecified atom stereocenters. The number of carbonyl (C=O) groups is 1. The maximum atomic E-state index is 12.6. The Balaban J connectivity index is 1.53. The number of amides is 1. The van der Waals surface area contributed by atoms with E-state index in [1.54, 1.807) is 33.5 Å². The van der Waals surface area contributed by atoms with Crippen LogP contribution in [0, 0.1) is 5.92 Å². The third-order valence-corrected chi connectivity index (χ3v) is 5.97. The van der Waals surface area contributed by atoms with E-state index in [-0.39, 0.29) is 5.91 Å². The molecule has 1 aliphatic carbocycles. The Kier molecular flexibility index (Phi) is 6.83. The molecule has 27 heavy (non-hydrogen) atoms. The Labute approximate surface area is 162 Å². The number of nitrogens with zero attached hydrogens (tertiary/aromatic N) is 1. The number of methoxy groups -OCH3 is 3. The fourth-order valence-electron chi connectivity index (χ4n) is 4.34. The van der Waals surface area contributed by atoms with Crippen molar-refractivity contribution < 1.29 is 19.0 Å². The summed E-state index contributed by atoms with van der Waals surface area (Å²) in [5.41, 5.74) is 0.521. The molecule has 0 bridgehead atoms. The van der Waals surface area contributed by atoms with E-state index in [4.69, 9.17) is 14.2 Å². The first-order valence-corrected chi connectivity index (χ1v) is 9.98. The van der Waals surface area contributed by atoms with E-state index in [1.165, 1.54) is 25.7 Å². The Morgan fingerprint density at radius 2 is 1.59 bits per heavy atom. The Bertz CT molecular complexity index is 610. The summed E-state index contributed by atoms with van der Waals surface area (Å²) in [4.78, 5) is 15.3. The maximum Gasteiger partial charge on any atom is 0.251 e. The van der Waals surface area contributed by atoms with E-state index in [0.29, 0.717) is 35.3 Å². The zero-order chi connectivity index (χ0) is 19.2. The summed E-state index contributed by atoms with van der Waals surface area (Å²) in [5.74, 6) is 1.93. The first kappa shape index (κ1) is 19.8. The van der Waals surface area contributed by atoms with Gasteiger partial charge in [-0.05, 0) is 56.8 Å². The van der Waals surface area contributed by atoms with Gasteiger partial charge < -0.3 is 24.4 Å². The highest BCUT2D eigenvalue weighted by atomic mass is 16.5. The second-order valence-electron chi connectivity index (χ2n) is 7.54. The summed E-state index contributed by atoms with van der Waals surface area (Å²) in [6, 6.07) is 4.19. The van der Waals surface area contributed by atoms with Gasteiger partial charge in [-0.3, -0.25) is 4.79 Å². The number of benzene rings is 1. The van der Waals surface area contributed by atoms with Crippen LogP contribution >= 0.6 is 0 Å². The number of rotatable bonds is 7. The summed E-state index contributed by atoms with van der Waals surface area (Å²) in [5, 5.41) is 3.08. The fourth-order valence-corrected chi connectivity index (χ4v) is 4.34. The quantitative estimate of drug-likeness (QED) is 0.792. The minimum absolute atomic E-state index is 0.104. The lowest BCUT2D eigenvalue weighted by Gasteiger charge is -2.36. The number of piperidine rings is 1. The third kappa shape index (κ3) is 4.67. The van der Waals surface area contributed by atoms with E-state index in [9.17, 15) is 4.79 Å². The van der Waals surface area contributed by atoms with Crippen molar-refractivity contribution >= 4 is 5.91 Å². The molecule has 0 spiro atoms. The molecule has 1 N–H and O–H groups in total. The van der Waals surface area contributed by atoms with Crippen LogP contribution in [0.5, 0.6) is 17.2 Å². The molecule has 2 fully saturated rings. The van der Waals surface area contributed by atoms with Crippen molar-refractivity contribution in [1.29, 1.82) is 0 Å². The predicted molar refractivity (Wildman–Crippen MR) is 105 cm³/mol. The van der Waals surface area contributed by atoms with E-state index in [0.717, 1.165) is 32.0 Å². The molecule has 6 heteroatoms. The van der Waals surface area contributed by atoms with Gasteiger partial charge in [0.15, 0.2) is 11.5 Å². The molecule has 1 amide bonds. The number of carbonyl (C=O) groups excluding carboxylic acids is 1. The normalized spacial score (nSPS) is 19.1. The van der Waals surface area contributed by atoms with Crippen LogP contribution in [0.3, 0.4) is 0 Å². The van der Waals surface area contributed by atoms with Crippen LogP contribution in [-0.4, -0.2) is 57.8 Å². The van der Waals surface area contributed by atoms with Gasteiger partial charge in [-0.1, -0.05) is 12.8 Å². The first-order chi connectivity index (χ1) is 13.2. The number of likely N-dealkylation sites (tertiary alicyclic amines) is 1. The number of hydrogen-bond acceptors (Lipinski definition) is 5. The van der Waals surface area contributed by atoms with E-state index in [1.807, 2.05) is 0 Å². The van der Waals surface area contributed by atoms with Gasteiger partial charge >= 0.3 is 0 Å². The van der Waals surface area contributed by atoms with Crippen LogP contribution in [0.1, 0.15) is 48.9 Å². The van der Waals surface area contributed by atoms with Gasteiger partial charge in [-0.15, -0.1) is 0 Å². The molecule has 0 atom stereocenters. The molecule has 3 rings (SSSR count). The second kappa shape index (κ2) is 9.31. The van der Waals surface area contributed by atoms with Crippen molar-refractivity contribution in [1.82, 2.24) is 10.2 Å². The zero-order valence-electron chi connectivity index (χ0n) is 16.8. The van der Waals surface area contributed by atoms with Gasteiger partial charge in [-0.2, -0.15) is 0 Å². The molecular weight excluding hydrogens is 344 g/mol. The molecule has 1 saturated heterocycles. The van der Waals surface area contributed by atoms with Crippen LogP contribution in [0.25, 0.3) is 0 Å². The third-order valence-electron chi connectivity index (χ3n) is 5.97. The van der Waals surface area contributed by atoms with Gasteiger partial charge in [0.25, 0.3) is 5.91 Å². The largest absolute Gasteiger partial charge is 0.493 e. The topological polar surface area (TPSA) is 60.0 Å². The molecule has 1 aromatic carbocycles. The van der Waals surface area contributed by atoms with Crippen molar-refractivity contribution in [2.75, 3.05) is 41.0 Å². The number of nitrogens with one attached hydrogen (secondary N) is 1. The monoisotopic (exact) mass is 376 g/mol. The van der Waals surface area contributed by atoms with E-state index >= 15 is 0 Å². The first-order valence-electron chi connectivity index (χ1n) is 9.98. The average Bonchev–Trinajstić information content (AvgIpc) is 3.26. The van der Waals surface area contributed by atoms with Crippen LogP contribution in [0.2, 0.25) is 0 Å². The van der Waals surface area contributed by atoms with Gasteiger partial charge in [0.1, 0.15) is 0 Å². The fraction of sp³-hybridized carbons (Fsp3) is 0.667. The average molecular weight is 376 g/mol. The Hall–Kier alpha value is -1.95. The molecule has 1 saturated carbocycles. The number of hydrogen-bond donors (Lipinski definition) is 1. The second-order valence-corrected chi connectivity index (χ2v) is 7.54. The summed E-state index contributed by atoms with van der Waals surface area (Å²) < 4.78 is 16.0. The lowest BCUT2D eigenvalue weighted by molar-refractivity contribution is 0.0924. The molecule has 1 aliphatic heterocycles. The highest BCUT2D eigenvalue weighted by molar-refractivity contribution is 5.95. The molecule has 2 aliphatic rings. The molecule has 1 aromatic rings. The van der Waals surface area contributed by atoms with Crippen molar-refractivity contribution in [2.24, 2.45) is 5.92 Å². The molecule has 150 valence electrons. The molecular formula is C21H32N2O4. The molecule has 1 heterocycles. The van der Waals surface area contributed by atoms with Crippen molar-refractivity contribution in [3.8, 4) is 17.2 Å². The highest BCUT2D eigenvalue weighted by Crippen LogP contribution is 2.38. The van der Waals surface area contributed by atoms with Gasteiger partial charge in [0.05, 0.1) is 21.3 Å². The summed E-state index contributed by atoms with van der Waals surface area (Å²) in [6.07, 6.45) is 7.81. The zero-order valence-corrected chi connectivity index (χ0v) is 16.8. The van der Waals surface area contributed by atoms with Crippen LogP contribution < -0.4 is 19.5 Å². The standard InChI is InChI=1S/C21H32N2O4/c1-25-18-12-16(13-19(26-2)20(18)27-3)21(24)22-14-15-8-10-23(11-9-15)17-6-4-5-7-17/h12-13,15,17H,4-11,14H2,1-3H3,(H,22,24). The van der Waals surface area contributed by atoms with Crippen LogP contribution in [0.15, 0.2) is 12.1 Å². The summed E-state index contributed by atoms with van der Waals surface area (Å²) >= 11 is 0. The van der Waals surface area contributed by atoms with Crippen LogP contribution in [0.4, 0.5) is 0 Å². The van der Waals surface area contributed by atoms with Crippen molar-refractivity contribution in [3.63, 3.8) is 0 Å². The summed E-state index contributed by atoms with van der Waals surface area (Å²) in [6.45, 7) is 3.04. The lowest BCUT2D eigenvalue weighted by atomic mass is 9.95. The van der Waals surface area contributed by atoms with Gasteiger partial charge in [0.2, 0.25) is 5.75 Å². The van der Waals surface area contributed by atoms with Crippen LogP contribution in [-0.2, 0) is 0 Å². The van der Waals surface area contributed by atoms with Gasteiger partial charge in [0, 0.05) is 18.2 Å². The van der Waals surface area contributed by atoms with E-state index < -0.39 is 0 Å². The number of ether oxygens (including phenoxy) is 3. The summed E-state index contributed by atoms with van der Waals surface area (Å²) in [7, 11) is 4.66. The predicted octanol–water partition coefficient (Wildman–Crippen LogP) is 3.10. The Morgan fingerprint density at radius 1 is 1.00 bits per heavy atom. The SMILES string of the molecule is COc1cc(C(=O)NCC2CCN(C3CCCC3)CC2)cc(OC)c1OC. The van der Waals surface area contributed by atoms with Crippen molar-refractivity contribution in [3.05, 3.63) is 17.7 Å². The molecule has 0 radical (unpaired) electrons. The maximum absolute atomic E-state index is 12.6. The Morgan fingerprint density at radius 3 is 2.11 bits per heavy atom. The highest BCUT2D eigenvalue weighted by Gasteiger charge is 2.27. The minimum atomic E-state index is -0.104. The smallest absolute Gasteiger partial charge is 0.251 e. The van der Waals surface area contributed by atoms with Gasteiger partial charge in [-0.25, -0.2) is 0 Å². The molecule has 6 nitrogen and oxygen atoms in total.